The molecule has 0 radical (unpaired) electrons. The summed E-state index contributed by atoms with van der Waals surface area (Å²) in [6, 6.07) is 6.00. The van der Waals surface area contributed by atoms with Crippen LogP contribution >= 0.6 is 11.3 Å². The quantitative estimate of drug-likeness (QED) is 0.620. The highest BCUT2D eigenvalue weighted by molar-refractivity contribution is 7.09. The summed E-state index contributed by atoms with van der Waals surface area (Å²) >= 11 is 1.70. The molecular formula is C23H33N3O3S. The number of nitrogens with one attached hydrogen (secondary N) is 1. The fourth-order valence-corrected chi connectivity index (χ4v) is 4.39. The molecule has 1 aromatic heterocycles. The second kappa shape index (κ2) is 11.3. The van der Waals surface area contributed by atoms with E-state index in [9.17, 15) is 4.79 Å². The average Bonchev–Trinajstić information content (AvgIpc) is 3.15. The number of aromatic nitrogens is 1. The number of hydrogen-bond donors (Lipinski definition) is 1. The first-order valence-electron chi connectivity index (χ1n) is 10.9. The van der Waals surface area contributed by atoms with Gasteiger partial charge in [0.2, 0.25) is 5.91 Å². The van der Waals surface area contributed by atoms with Gasteiger partial charge in [0, 0.05) is 24.4 Å². The molecule has 1 N–H and O–H groups in total. The summed E-state index contributed by atoms with van der Waals surface area (Å²) < 4.78 is 11.3. The monoisotopic (exact) mass is 431 g/mol. The normalized spacial score (nSPS) is 15.2. The van der Waals surface area contributed by atoms with Gasteiger partial charge < -0.3 is 14.8 Å². The van der Waals surface area contributed by atoms with Crippen LogP contribution in [-0.2, 0) is 17.8 Å². The molecular weight excluding hydrogens is 398 g/mol. The van der Waals surface area contributed by atoms with Gasteiger partial charge in [-0.1, -0.05) is 6.07 Å². The van der Waals surface area contributed by atoms with E-state index in [-0.39, 0.29) is 11.8 Å². The maximum absolute atomic E-state index is 12.6. The van der Waals surface area contributed by atoms with E-state index in [1.807, 2.05) is 39.0 Å². The van der Waals surface area contributed by atoms with Crippen molar-refractivity contribution in [2.75, 3.05) is 32.8 Å². The lowest BCUT2D eigenvalue weighted by Crippen LogP contribution is -2.40. The van der Waals surface area contributed by atoms with Gasteiger partial charge >= 0.3 is 0 Å². The van der Waals surface area contributed by atoms with Crippen LogP contribution in [0.3, 0.4) is 0 Å². The molecule has 3 rings (SSSR count). The zero-order valence-corrected chi connectivity index (χ0v) is 19.1. The highest BCUT2D eigenvalue weighted by Crippen LogP contribution is 2.28. The smallest absolute Gasteiger partial charge is 0.223 e. The van der Waals surface area contributed by atoms with Crippen LogP contribution in [0.1, 0.15) is 43.0 Å². The SMILES string of the molecule is CCOc1ccc(CCNC(=O)C2CCN(Cc3csc(C)n3)CC2)cc1OCC. The Kier molecular flexibility index (Phi) is 8.51. The molecule has 164 valence electrons. The Morgan fingerprint density at radius 2 is 1.93 bits per heavy atom. The first kappa shape index (κ1) is 22.6. The van der Waals surface area contributed by atoms with E-state index in [4.69, 9.17) is 9.47 Å². The van der Waals surface area contributed by atoms with E-state index in [0.29, 0.717) is 19.8 Å². The summed E-state index contributed by atoms with van der Waals surface area (Å²) in [5.74, 6) is 1.82. The van der Waals surface area contributed by atoms with Crippen LogP contribution in [0, 0.1) is 12.8 Å². The average molecular weight is 432 g/mol. The number of benzene rings is 1. The van der Waals surface area contributed by atoms with Gasteiger partial charge in [-0.15, -0.1) is 11.3 Å². The predicted molar refractivity (Wildman–Crippen MR) is 120 cm³/mol. The Morgan fingerprint density at radius 1 is 1.20 bits per heavy atom. The van der Waals surface area contributed by atoms with Gasteiger partial charge in [0.15, 0.2) is 11.5 Å². The van der Waals surface area contributed by atoms with Crippen LogP contribution in [0.4, 0.5) is 0 Å². The van der Waals surface area contributed by atoms with Crippen molar-refractivity contribution < 1.29 is 14.3 Å². The zero-order chi connectivity index (χ0) is 21.3. The maximum atomic E-state index is 12.6. The summed E-state index contributed by atoms with van der Waals surface area (Å²) in [5.41, 5.74) is 2.28. The number of nitrogens with zero attached hydrogens (tertiary/aromatic N) is 2. The molecule has 2 heterocycles. The fraction of sp³-hybridized carbons (Fsp3) is 0.565. The van der Waals surface area contributed by atoms with Gasteiger partial charge in [0.05, 0.1) is 23.9 Å². The second-order valence-electron chi connectivity index (χ2n) is 7.60. The van der Waals surface area contributed by atoms with Crippen molar-refractivity contribution >= 4 is 17.2 Å². The molecule has 1 aliphatic heterocycles. The number of hydrogen-bond acceptors (Lipinski definition) is 6. The third-order valence-corrected chi connectivity index (χ3v) is 6.15. The molecule has 6 nitrogen and oxygen atoms in total. The van der Waals surface area contributed by atoms with Gasteiger partial charge in [0.25, 0.3) is 0 Å². The van der Waals surface area contributed by atoms with Gasteiger partial charge in [0.1, 0.15) is 0 Å². The van der Waals surface area contributed by atoms with Crippen molar-refractivity contribution in [3.05, 3.63) is 39.8 Å². The van der Waals surface area contributed by atoms with Crippen LogP contribution < -0.4 is 14.8 Å². The van der Waals surface area contributed by atoms with E-state index in [0.717, 1.165) is 66.7 Å². The molecule has 1 amide bonds. The molecule has 1 aliphatic rings. The van der Waals surface area contributed by atoms with Gasteiger partial charge in [-0.3, -0.25) is 9.69 Å². The number of thiazole rings is 1. The number of aryl methyl sites for hydroxylation is 1. The van der Waals surface area contributed by atoms with Crippen molar-refractivity contribution in [3.63, 3.8) is 0 Å². The second-order valence-corrected chi connectivity index (χ2v) is 8.66. The maximum Gasteiger partial charge on any atom is 0.223 e. The lowest BCUT2D eigenvalue weighted by molar-refractivity contribution is -0.126. The van der Waals surface area contributed by atoms with E-state index in [1.54, 1.807) is 11.3 Å². The fourth-order valence-electron chi connectivity index (χ4n) is 3.79. The van der Waals surface area contributed by atoms with Crippen molar-refractivity contribution in [2.45, 2.75) is 46.6 Å². The Labute approximate surface area is 183 Å². The third kappa shape index (κ3) is 6.44. The first-order valence-corrected chi connectivity index (χ1v) is 11.8. The molecule has 1 fully saturated rings. The van der Waals surface area contributed by atoms with Crippen LogP contribution in [0.15, 0.2) is 23.6 Å². The lowest BCUT2D eigenvalue weighted by Gasteiger charge is -2.30. The minimum absolute atomic E-state index is 0.109. The van der Waals surface area contributed by atoms with Gasteiger partial charge in [-0.05, 0) is 70.8 Å². The minimum Gasteiger partial charge on any atom is -0.490 e. The summed E-state index contributed by atoms with van der Waals surface area (Å²) in [7, 11) is 0. The predicted octanol–water partition coefficient (Wildman–Crippen LogP) is 3.82. The summed E-state index contributed by atoms with van der Waals surface area (Å²) in [6.45, 7) is 10.6. The largest absolute Gasteiger partial charge is 0.490 e. The molecule has 1 saturated heterocycles. The van der Waals surface area contributed by atoms with Gasteiger partial charge in [-0.25, -0.2) is 4.98 Å². The van der Waals surface area contributed by atoms with Crippen LogP contribution in [0.5, 0.6) is 11.5 Å². The standard InChI is InChI=1S/C23H33N3O3S/c1-4-28-21-7-6-18(14-22(21)29-5-2)8-11-24-23(27)19-9-12-26(13-10-19)15-20-16-30-17(3)25-20/h6-7,14,16,19H,4-5,8-13,15H2,1-3H3,(H,24,27). The van der Waals surface area contributed by atoms with Crippen LogP contribution in [0.2, 0.25) is 0 Å². The van der Waals surface area contributed by atoms with E-state index in [1.165, 1.54) is 0 Å². The topological polar surface area (TPSA) is 63.7 Å². The zero-order valence-electron chi connectivity index (χ0n) is 18.3. The number of carbonyl (C=O) groups is 1. The molecule has 2 aromatic rings. The number of likely N-dealkylation sites (tertiary alicyclic amines) is 1. The van der Waals surface area contributed by atoms with Crippen molar-refractivity contribution in [3.8, 4) is 11.5 Å². The molecule has 0 unspecified atom stereocenters. The highest BCUT2D eigenvalue weighted by atomic mass is 32.1. The minimum atomic E-state index is 0.109. The molecule has 1 aromatic carbocycles. The third-order valence-electron chi connectivity index (χ3n) is 5.33. The molecule has 0 atom stereocenters. The summed E-state index contributed by atoms with van der Waals surface area (Å²) in [6.07, 6.45) is 2.60. The highest BCUT2D eigenvalue weighted by Gasteiger charge is 2.25. The molecule has 0 aliphatic carbocycles. The molecule has 0 bridgehead atoms. The Balaban J connectivity index is 1.41. The lowest BCUT2D eigenvalue weighted by atomic mass is 9.95. The molecule has 0 spiro atoms. The molecule has 7 heteroatoms. The van der Waals surface area contributed by atoms with E-state index >= 15 is 0 Å². The van der Waals surface area contributed by atoms with Crippen molar-refractivity contribution in [1.29, 1.82) is 0 Å². The Hall–Kier alpha value is -2.12. The van der Waals surface area contributed by atoms with Crippen LogP contribution in [0.25, 0.3) is 0 Å². The first-order chi connectivity index (χ1) is 14.6. The molecule has 30 heavy (non-hydrogen) atoms. The Bertz CT molecular complexity index is 816. The number of carbonyl (C=O) groups excluding carboxylic acids is 1. The van der Waals surface area contributed by atoms with Crippen molar-refractivity contribution in [1.82, 2.24) is 15.2 Å². The number of rotatable bonds is 10. The molecule has 0 saturated carbocycles. The summed E-state index contributed by atoms with van der Waals surface area (Å²) in [4.78, 5) is 19.5. The van der Waals surface area contributed by atoms with E-state index in [2.05, 4.69) is 20.6 Å². The van der Waals surface area contributed by atoms with Gasteiger partial charge in [-0.2, -0.15) is 0 Å². The summed E-state index contributed by atoms with van der Waals surface area (Å²) in [5, 5.41) is 6.36. The Morgan fingerprint density at radius 3 is 2.60 bits per heavy atom. The van der Waals surface area contributed by atoms with Crippen molar-refractivity contribution in [2.24, 2.45) is 5.92 Å². The number of amides is 1. The number of ether oxygens (including phenoxy) is 2. The van der Waals surface area contributed by atoms with Crippen LogP contribution in [-0.4, -0.2) is 48.6 Å². The van der Waals surface area contributed by atoms with E-state index < -0.39 is 0 Å². The number of piperidine rings is 1.